The lowest BCUT2D eigenvalue weighted by Crippen LogP contribution is -2.45. The minimum atomic E-state index is -1.02. The summed E-state index contributed by atoms with van der Waals surface area (Å²) in [5.41, 5.74) is 2.09. The highest BCUT2D eigenvalue weighted by Crippen LogP contribution is 2.38. The Hall–Kier alpha value is -3.04. The van der Waals surface area contributed by atoms with Gasteiger partial charge in [-0.2, -0.15) is 0 Å². The molecule has 0 radical (unpaired) electrons. The molecule has 9 heteroatoms. The van der Waals surface area contributed by atoms with Crippen molar-refractivity contribution in [2.45, 2.75) is 57.6 Å². The van der Waals surface area contributed by atoms with Crippen LogP contribution >= 0.6 is 11.3 Å². The Morgan fingerprint density at radius 3 is 2.50 bits per heavy atom. The number of nitrogens with zero attached hydrogens (tertiary/aromatic N) is 1. The van der Waals surface area contributed by atoms with Crippen molar-refractivity contribution in [2.24, 2.45) is 0 Å². The van der Waals surface area contributed by atoms with Gasteiger partial charge in [0.1, 0.15) is 11.0 Å². The van der Waals surface area contributed by atoms with E-state index in [2.05, 4.69) is 10.6 Å². The highest BCUT2D eigenvalue weighted by Gasteiger charge is 2.41. The maximum Gasteiger partial charge on any atom is 0.262 e. The van der Waals surface area contributed by atoms with Crippen LogP contribution in [0.5, 0.6) is 0 Å². The van der Waals surface area contributed by atoms with Crippen molar-refractivity contribution >= 4 is 40.0 Å². The molecule has 2 atom stereocenters. The van der Waals surface area contributed by atoms with Crippen LogP contribution in [0, 0.1) is 0 Å². The molecule has 2 aromatic rings. The zero-order chi connectivity index (χ0) is 23.8. The third kappa shape index (κ3) is 4.03. The fraction of sp³-hybridized carbons (Fsp3) is 0.440. The fourth-order valence-electron chi connectivity index (χ4n) is 4.89. The third-order valence-corrected chi connectivity index (χ3v) is 7.95. The number of hydrogen-bond donors (Lipinski definition) is 2. The van der Waals surface area contributed by atoms with Gasteiger partial charge in [0.05, 0.1) is 22.8 Å². The Morgan fingerprint density at radius 1 is 1.12 bits per heavy atom. The number of carbonyl (C=O) groups excluding carboxylic acids is 4. The number of carbonyl (C=O) groups is 4. The number of ether oxygens (including phenoxy) is 1. The maximum absolute atomic E-state index is 13.2. The van der Waals surface area contributed by atoms with Crippen LogP contribution in [-0.4, -0.2) is 53.8 Å². The van der Waals surface area contributed by atoms with Crippen LogP contribution in [0.25, 0.3) is 0 Å². The Kier molecular flexibility index (Phi) is 6.22. The molecule has 0 spiro atoms. The third-order valence-electron chi connectivity index (χ3n) is 6.74. The molecule has 0 bridgehead atoms. The number of fused-ring (bicyclic) bond motifs is 2. The predicted octanol–water partition coefficient (Wildman–Crippen LogP) is 3.16. The van der Waals surface area contributed by atoms with Crippen molar-refractivity contribution in [2.75, 3.05) is 18.5 Å². The summed E-state index contributed by atoms with van der Waals surface area (Å²) in [6, 6.07) is 5.54. The van der Waals surface area contributed by atoms with Crippen molar-refractivity contribution < 1.29 is 23.9 Å². The molecule has 2 N–H and O–H groups in total. The van der Waals surface area contributed by atoms with Gasteiger partial charge in [-0.1, -0.05) is 12.1 Å². The first kappa shape index (κ1) is 22.7. The lowest BCUT2D eigenvalue weighted by atomic mass is 9.95. The normalized spacial score (nSPS) is 20.1. The topological polar surface area (TPSA) is 105 Å². The van der Waals surface area contributed by atoms with Gasteiger partial charge in [-0.05, 0) is 63.1 Å². The SMILES string of the molecule is CC(C(=O)Nc1sc2c(c1C(=O)NCC1CCCO1)CCCC2)N1C(=O)c2ccccc2C1=O. The summed E-state index contributed by atoms with van der Waals surface area (Å²) in [5, 5.41) is 6.31. The lowest BCUT2D eigenvalue weighted by Gasteiger charge is -2.21. The first-order valence-electron chi connectivity index (χ1n) is 11.8. The van der Waals surface area contributed by atoms with Crippen LogP contribution in [0.2, 0.25) is 0 Å². The van der Waals surface area contributed by atoms with E-state index in [9.17, 15) is 19.2 Å². The van der Waals surface area contributed by atoms with Crippen LogP contribution in [0.15, 0.2) is 24.3 Å². The molecule has 0 saturated carbocycles. The summed E-state index contributed by atoms with van der Waals surface area (Å²) < 4.78 is 5.61. The van der Waals surface area contributed by atoms with E-state index in [-0.39, 0.29) is 12.0 Å². The summed E-state index contributed by atoms with van der Waals surface area (Å²) in [4.78, 5) is 54.1. The standard InChI is InChI=1S/C25H27N3O5S/c1-14(28-24(31)16-8-2-3-9-17(16)25(28)32)21(29)27-23-20(18-10-4-5-11-19(18)34-23)22(30)26-13-15-7-6-12-33-15/h2-3,8-9,14-15H,4-7,10-13H2,1H3,(H,26,30)(H,27,29). The van der Waals surface area contributed by atoms with E-state index in [1.165, 1.54) is 18.3 Å². The van der Waals surface area contributed by atoms with E-state index in [1.807, 2.05) is 0 Å². The minimum absolute atomic E-state index is 0.0188. The first-order chi connectivity index (χ1) is 16.5. The molecule has 5 rings (SSSR count). The Balaban J connectivity index is 1.36. The summed E-state index contributed by atoms with van der Waals surface area (Å²) in [5.74, 6) is -1.69. The first-order valence-corrected chi connectivity index (χ1v) is 12.6. The van der Waals surface area contributed by atoms with E-state index in [0.29, 0.717) is 34.8 Å². The lowest BCUT2D eigenvalue weighted by molar-refractivity contribution is -0.119. The van der Waals surface area contributed by atoms with Crippen LogP contribution in [0.4, 0.5) is 5.00 Å². The van der Waals surface area contributed by atoms with Gasteiger partial charge in [-0.25, -0.2) is 0 Å². The van der Waals surface area contributed by atoms with Gasteiger partial charge < -0.3 is 15.4 Å². The van der Waals surface area contributed by atoms with Crippen molar-refractivity contribution in [3.05, 3.63) is 51.4 Å². The monoisotopic (exact) mass is 481 g/mol. The quantitative estimate of drug-likeness (QED) is 0.617. The number of anilines is 1. The second-order valence-corrected chi connectivity index (χ2v) is 10.1. The second-order valence-electron chi connectivity index (χ2n) is 8.95. The summed E-state index contributed by atoms with van der Waals surface area (Å²) in [7, 11) is 0. The van der Waals surface area contributed by atoms with Gasteiger partial charge in [-0.3, -0.25) is 24.1 Å². The van der Waals surface area contributed by atoms with Gasteiger partial charge in [0.25, 0.3) is 17.7 Å². The molecule has 34 heavy (non-hydrogen) atoms. The van der Waals surface area contributed by atoms with E-state index >= 15 is 0 Å². The molecule has 1 fully saturated rings. The highest BCUT2D eigenvalue weighted by molar-refractivity contribution is 7.17. The van der Waals surface area contributed by atoms with Gasteiger partial charge >= 0.3 is 0 Å². The molecule has 2 aliphatic heterocycles. The maximum atomic E-state index is 13.2. The predicted molar refractivity (Wildman–Crippen MR) is 127 cm³/mol. The second kappa shape index (κ2) is 9.31. The molecule has 1 aromatic heterocycles. The van der Waals surface area contributed by atoms with E-state index in [0.717, 1.165) is 53.9 Å². The van der Waals surface area contributed by atoms with Gasteiger partial charge in [0.15, 0.2) is 0 Å². The molecule has 178 valence electrons. The van der Waals surface area contributed by atoms with Gasteiger partial charge in [0.2, 0.25) is 5.91 Å². The largest absolute Gasteiger partial charge is 0.376 e. The number of rotatable bonds is 6. The molecule has 8 nitrogen and oxygen atoms in total. The van der Waals surface area contributed by atoms with Crippen molar-refractivity contribution in [3.63, 3.8) is 0 Å². The van der Waals surface area contributed by atoms with Gasteiger partial charge in [-0.15, -0.1) is 11.3 Å². The molecule has 1 saturated heterocycles. The summed E-state index contributed by atoms with van der Waals surface area (Å²) in [6.07, 6.45) is 5.63. The molecule has 3 aliphatic rings. The number of aryl methyl sites for hydroxylation is 1. The average molecular weight is 482 g/mol. The van der Waals surface area contributed by atoms with Crippen molar-refractivity contribution in [3.8, 4) is 0 Å². The molecule has 3 heterocycles. The molecular formula is C25H27N3O5S. The van der Waals surface area contributed by atoms with Gasteiger partial charge in [0, 0.05) is 18.0 Å². The fourth-order valence-corrected chi connectivity index (χ4v) is 6.18. The zero-order valence-corrected chi connectivity index (χ0v) is 19.8. The van der Waals surface area contributed by atoms with Crippen LogP contribution in [0.3, 0.4) is 0 Å². The Morgan fingerprint density at radius 2 is 1.82 bits per heavy atom. The molecule has 4 amide bonds. The molecule has 2 unspecified atom stereocenters. The van der Waals surface area contributed by atoms with E-state index in [1.54, 1.807) is 24.3 Å². The minimum Gasteiger partial charge on any atom is -0.376 e. The van der Waals surface area contributed by atoms with Crippen LogP contribution < -0.4 is 10.6 Å². The molecular weight excluding hydrogens is 454 g/mol. The summed E-state index contributed by atoms with van der Waals surface area (Å²) >= 11 is 1.41. The van der Waals surface area contributed by atoms with Crippen LogP contribution in [-0.2, 0) is 22.4 Å². The van der Waals surface area contributed by atoms with Crippen molar-refractivity contribution in [1.82, 2.24) is 10.2 Å². The van der Waals surface area contributed by atoms with E-state index < -0.39 is 23.8 Å². The van der Waals surface area contributed by atoms with Crippen LogP contribution in [0.1, 0.15) is 74.1 Å². The zero-order valence-electron chi connectivity index (χ0n) is 19.0. The number of imide groups is 1. The number of thiophene rings is 1. The van der Waals surface area contributed by atoms with Crippen molar-refractivity contribution in [1.29, 1.82) is 0 Å². The number of hydrogen-bond acceptors (Lipinski definition) is 6. The highest BCUT2D eigenvalue weighted by atomic mass is 32.1. The van der Waals surface area contributed by atoms with E-state index in [4.69, 9.17) is 4.74 Å². The number of nitrogens with one attached hydrogen (secondary N) is 2. The Bertz CT molecular complexity index is 1130. The smallest absolute Gasteiger partial charge is 0.262 e. The number of benzene rings is 1. The average Bonchev–Trinajstić information content (AvgIpc) is 3.55. The molecule has 1 aromatic carbocycles. The summed E-state index contributed by atoms with van der Waals surface area (Å²) in [6.45, 7) is 2.68. The Labute approximate surface area is 201 Å². The molecule has 1 aliphatic carbocycles. The number of amides is 4.